The third-order valence-corrected chi connectivity index (χ3v) is 1.72. The van der Waals surface area contributed by atoms with Gasteiger partial charge in [-0.3, -0.25) is 0 Å². The second-order valence-corrected chi connectivity index (χ2v) is 2.50. The molecule has 11 heavy (non-hydrogen) atoms. The Bertz CT molecular complexity index is 299. The van der Waals surface area contributed by atoms with Crippen molar-refractivity contribution < 1.29 is 0 Å². The van der Waals surface area contributed by atoms with Crippen LogP contribution in [0.5, 0.6) is 0 Å². The first-order chi connectivity index (χ1) is 5.27. The van der Waals surface area contributed by atoms with Gasteiger partial charge in [0, 0.05) is 5.88 Å². The third kappa shape index (κ3) is 1.72. The molecule has 1 radical (unpaired) electrons. The average molecular weight is 165 g/mol. The van der Waals surface area contributed by atoms with Gasteiger partial charge in [-0.05, 0) is 24.1 Å². The quantitative estimate of drug-likeness (QED) is 0.585. The summed E-state index contributed by atoms with van der Waals surface area (Å²) in [4.78, 5) is 0. The molecule has 1 aromatic rings. The monoisotopic (exact) mass is 164 g/mol. The largest absolute Gasteiger partial charge is 0.192 e. The molecule has 1 rings (SSSR count). The summed E-state index contributed by atoms with van der Waals surface area (Å²) >= 11 is 5.60. The summed E-state index contributed by atoms with van der Waals surface area (Å²) in [6.45, 7) is 3.74. The molecule has 0 atom stereocenters. The molecule has 1 nitrogen and oxygen atoms in total. The van der Waals surface area contributed by atoms with E-state index in [2.05, 4.69) is 13.0 Å². The maximum atomic E-state index is 8.61. The van der Waals surface area contributed by atoms with Gasteiger partial charge in [0.15, 0.2) is 0 Å². The third-order valence-electron chi connectivity index (χ3n) is 1.43. The van der Waals surface area contributed by atoms with E-state index in [0.717, 1.165) is 11.1 Å². The molecule has 0 amide bonds. The number of hydrogen-bond acceptors (Lipinski definition) is 1. The lowest BCUT2D eigenvalue weighted by molar-refractivity contribution is 1.33. The van der Waals surface area contributed by atoms with E-state index in [-0.39, 0.29) is 0 Å². The van der Waals surface area contributed by atoms with Gasteiger partial charge < -0.3 is 0 Å². The first-order valence-electron chi connectivity index (χ1n) is 3.19. The normalized spacial score (nSPS) is 9.18. The molecule has 0 bridgehead atoms. The summed E-state index contributed by atoms with van der Waals surface area (Å²) in [5, 5.41) is 8.61. The second-order valence-electron chi connectivity index (χ2n) is 2.24. The Morgan fingerprint density at radius 2 is 2.27 bits per heavy atom. The van der Waals surface area contributed by atoms with Crippen LogP contribution in [-0.2, 0) is 5.88 Å². The molecule has 0 saturated carbocycles. The van der Waals surface area contributed by atoms with E-state index in [4.69, 9.17) is 16.9 Å². The highest BCUT2D eigenvalue weighted by molar-refractivity contribution is 6.17. The van der Waals surface area contributed by atoms with E-state index in [0.29, 0.717) is 11.4 Å². The molecule has 0 N–H and O–H groups in total. The van der Waals surface area contributed by atoms with E-state index < -0.39 is 0 Å². The van der Waals surface area contributed by atoms with Crippen LogP contribution in [0.2, 0.25) is 0 Å². The highest BCUT2D eigenvalue weighted by Gasteiger charge is 1.98. The molecule has 0 fully saturated rings. The number of hydrogen-bond donors (Lipinski definition) is 0. The Kier molecular flexibility index (Phi) is 2.51. The maximum Gasteiger partial charge on any atom is 0.0994 e. The van der Waals surface area contributed by atoms with E-state index >= 15 is 0 Å². The van der Waals surface area contributed by atoms with Crippen LogP contribution in [0.1, 0.15) is 16.7 Å². The average Bonchev–Trinajstić information content (AvgIpc) is 2.04. The number of halogens is 1. The molecule has 0 saturated heterocycles. The zero-order chi connectivity index (χ0) is 8.27. The minimum absolute atomic E-state index is 0.367. The Hall–Kier alpha value is -1.00. The van der Waals surface area contributed by atoms with Crippen LogP contribution in [0.25, 0.3) is 0 Å². The number of benzene rings is 1. The van der Waals surface area contributed by atoms with E-state index in [1.807, 2.05) is 6.07 Å². The fourth-order valence-corrected chi connectivity index (χ4v) is 1.09. The number of alkyl halides is 1. The summed E-state index contributed by atoms with van der Waals surface area (Å²) < 4.78 is 0. The van der Waals surface area contributed by atoms with Gasteiger partial charge in [-0.2, -0.15) is 5.26 Å². The second kappa shape index (κ2) is 3.41. The minimum Gasteiger partial charge on any atom is -0.192 e. The van der Waals surface area contributed by atoms with Gasteiger partial charge in [-0.1, -0.05) is 12.1 Å². The molecule has 0 unspecified atom stereocenters. The van der Waals surface area contributed by atoms with E-state index in [1.165, 1.54) is 0 Å². The van der Waals surface area contributed by atoms with Gasteiger partial charge in [0.2, 0.25) is 0 Å². The van der Waals surface area contributed by atoms with Crippen molar-refractivity contribution >= 4 is 11.6 Å². The van der Waals surface area contributed by atoms with Gasteiger partial charge in [0.05, 0.1) is 11.6 Å². The smallest absolute Gasteiger partial charge is 0.0994 e. The Labute approximate surface area is 71.2 Å². The summed E-state index contributed by atoms with van der Waals surface area (Å²) in [6.07, 6.45) is 0. The zero-order valence-corrected chi connectivity index (χ0v) is 6.73. The highest BCUT2D eigenvalue weighted by atomic mass is 35.5. The summed E-state index contributed by atoms with van der Waals surface area (Å²) in [5.74, 6) is 0.367. The molecule has 0 heterocycles. The number of nitriles is 1. The van der Waals surface area contributed by atoms with Crippen molar-refractivity contribution in [3.05, 3.63) is 41.8 Å². The standard InChI is InChI=1S/C9H7ClN/c1-7-2-3-8(6-11)9(4-7)5-10/h2-4H,1,5H2. The summed E-state index contributed by atoms with van der Waals surface area (Å²) in [7, 11) is 0. The molecular weight excluding hydrogens is 158 g/mol. The van der Waals surface area contributed by atoms with Crippen LogP contribution < -0.4 is 0 Å². The zero-order valence-electron chi connectivity index (χ0n) is 5.97. The van der Waals surface area contributed by atoms with Gasteiger partial charge >= 0.3 is 0 Å². The first-order valence-corrected chi connectivity index (χ1v) is 3.72. The number of rotatable bonds is 1. The summed E-state index contributed by atoms with van der Waals surface area (Å²) in [6, 6.07) is 7.42. The van der Waals surface area contributed by atoms with E-state index in [1.54, 1.807) is 12.1 Å². The van der Waals surface area contributed by atoms with Crippen molar-refractivity contribution in [1.29, 1.82) is 5.26 Å². The lowest BCUT2D eigenvalue weighted by Crippen LogP contribution is -1.86. The molecule has 1 aromatic carbocycles. The predicted octanol–water partition coefficient (Wildman–Crippen LogP) is 2.48. The van der Waals surface area contributed by atoms with Gasteiger partial charge in [-0.15, -0.1) is 11.6 Å². The minimum atomic E-state index is 0.367. The van der Waals surface area contributed by atoms with Gasteiger partial charge in [0.25, 0.3) is 0 Å². The topological polar surface area (TPSA) is 23.8 Å². The Balaban J connectivity index is 3.19. The number of nitrogens with zero attached hydrogens (tertiary/aromatic N) is 1. The van der Waals surface area contributed by atoms with E-state index in [9.17, 15) is 0 Å². The lowest BCUT2D eigenvalue weighted by atomic mass is 10.1. The van der Waals surface area contributed by atoms with Crippen molar-refractivity contribution in [2.24, 2.45) is 0 Å². The van der Waals surface area contributed by atoms with Crippen molar-refractivity contribution in [2.45, 2.75) is 5.88 Å². The fourth-order valence-electron chi connectivity index (χ4n) is 0.867. The lowest BCUT2D eigenvalue weighted by Gasteiger charge is -1.99. The summed E-state index contributed by atoms with van der Waals surface area (Å²) in [5.41, 5.74) is 2.37. The van der Waals surface area contributed by atoms with Crippen LogP contribution in [0.15, 0.2) is 18.2 Å². The predicted molar refractivity (Wildman–Crippen MR) is 45.2 cm³/mol. The molecule has 0 aliphatic rings. The molecule has 0 spiro atoms. The maximum absolute atomic E-state index is 8.61. The Morgan fingerprint density at radius 3 is 2.82 bits per heavy atom. The van der Waals surface area contributed by atoms with Crippen LogP contribution >= 0.6 is 11.6 Å². The van der Waals surface area contributed by atoms with Crippen LogP contribution in [0, 0.1) is 18.3 Å². The SMILES string of the molecule is [CH2]c1ccc(C#N)c(CCl)c1. The first kappa shape index (κ1) is 8.10. The fraction of sp³-hybridized carbons (Fsp3) is 0.111. The van der Waals surface area contributed by atoms with Crippen molar-refractivity contribution in [1.82, 2.24) is 0 Å². The van der Waals surface area contributed by atoms with Crippen molar-refractivity contribution in [3.8, 4) is 6.07 Å². The molecule has 2 heteroatoms. The van der Waals surface area contributed by atoms with Crippen molar-refractivity contribution in [3.63, 3.8) is 0 Å². The molecule has 0 aliphatic heterocycles. The molecular formula is C9H7ClN. The van der Waals surface area contributed by atoms with Gasteiger partial charge in [0.1, 0.15) is 0 Å². The van der Waals surface area contributed by atoms with Crippen LogP contribution in [-0.4, -0.2) is 0 Å². The highest BCUT2D eigenvalue weighted by Crippen LogP contribution is 2.12. The van der Waals surface area contributed by atoms with Crippen molar-refractivity contribution in [2.75, 3.05) is 0 Å². The van der Waals surface area contributed by atoms with Crippen LogP contribution in [0.3, 0.4) is 0 Å². The Morgan fingerprint density at radius 1 is 1.55 bits per heavy atom. The van der Waals surface area contributed by atoms with Gasteiger partial charge in [-0.25, -0.2) is 0 Å². The molecule has 0 aromatic heterocycles. The molecule has 0 aliphatic carbocycles. The van der Waals surface area contributed by atoms with Crippen LogP contribution in [0.4, 0.5) is 0 Å². The molecule has 55 valence electrons.